The number of halogens is 1. The van der Waals surface area contributed by atoms with Gasteiger partial charge in [-0.25, -0.2) is 4.79 Å². The van der Waals surface area contributed by atoms with Crippen molar-refractivity contribution in [2.75, 3.05) is 0 Å². The molecule has 2 nitrogen and oxygen atoms in total. The fourth-order valence-corrected chi connectivity index (χ4v) is 6.82. The average molecular weight is 516 g/mol. The predicted octanol–water partition coefficient (Wildman–Crippen LogP) is 7.05. The van der Waals surface area contributed by atoms with E-state index in [9.17, 15) is 4.79 Å². The summed E-state index contributed by atoms with van der Waals surface area (Å²) in [5.41, 5.74) is 0. The molecule has 0 aliphatic rings. The van der Waals surface area contributed by atoms with E-state index >= 15 is 0 Å². The van der Waals surface area contributed by atoms with Crippen LogP contribution in [0.15, 0.2) is 111 Å². The molecule has 0 aliphatic heterocycles. The third-order valence-corrected chi connectivity index (χ3v) is 8.74. The van der Waals surface area contributed by atoms with Gasteiger partial charge in [0.15, 0.2) is 0 Å². The van der Waals surface area contributed by atoms with Crippen LogP contribution in [0.4, 0.5) is 0 Å². The number of esters is 1. The number of benzene rings is 3. The Morgan fingerprint density at radius 1 is 0.750 bits per heavy atom. The average Bonchev–Trinajstić information content (AvgIpc) is 3.17. The van der Waals surface area contributed by atoms with Gasteiger partial charge in [-0.1, -0.05) is 36.4 Å². The van der Waals surface area contributed by atoms with E-state index in [0.717, 1.165) is 3.57 Å². The van der Waals surface area contributed by atoms with Crippen molar-refractivity contribution in [2.24, 2.45) is 0 Å². The monoisotopic (exact) mass is 516 g/mol. The summed E-state index contributed by atoms with van der Waals surface area (Å²) in [6, 6.07) is 30.9. The first-order valence-corrected chi connectivity index (χ1v) is 12.0. The highest BCUT2D eigenvalue weighted by molar-refractivity contribution is 14.1. The van der Waals surface area contributed by atoms with E-state index in [-0.39, 0.29) is 5.97 Å². The minimum Gasteiger partial charge on any atom is -0.422 e. The minimum absolute atomic E-state index is 0.305. The van der Waals surface area contributed by atoms with Crippen molar-refractivity contribution in [3.05, 3.63) is 105 Å². The van der Waals surface area contributed by atoms with Crippen molar-refractivity contribution < 1.29 is 9.53 Å². The molecule has 140 valence electrons. The molecule has 0 saturated heterocycles. The summed E-state index contributed by atoms with van der Waals surface area (Å²) in [6.45, 7) is 0. The number of thiol groups is 1. The molecule has 1 heterocycles. The molecule has 0 spiro atoms. The highest BCUT2D eigenvalue weighted by Crippen LogP contribution is 2.51. The summed E-state index contributed by atoms with van der Waals surface area (Å²) in [6.07, 6.45) is 0. The first-order valence-electron chi connectivity index (χ1n) is 8.68. The van der Waals surface area contributed by atoms with E-state index < -0.39 is 10.9 Å². The van der Waals surface area contributed by atoms with Gasteiger partial charge in [-0.05, 0) is 97.3 Å². The van der Waals surface area contributed by atoms with Crippen molar-refractivity contribution in [1.29, 1.82) is 0 Å². The van der Waals surface area contributed by atoms with Crippen LogP contribution < -0.4 is 4.74 Å². The fraction of sp³-hybridized carbons (Fsp3) is 0. The van der Waals surface area contributed by atoms with Crippen LogP contribution in [-0.4, -0.2) is 5.97 Å². The van der Waals surface area contributed by atoms with E-state index in [1.807, 2.05) is 35.7 Å². The van der Waals surface area contributed by atoms with Crippen LogP contribution in [0.5, 0.6) is 5.75 Å². The third-order valence-electron chi connectivity index (χ3n) is 4.14. The smallest absolute Gasteiger partial charge is 0.354 e. The molecular formula is C23H17IO2S2. The standard InChI is InChI=1S/C23H17IO2S2/c24-21-15-16-27-22(21)23(25)26-17-11-13-20(14-12-17)28(18-7-3-1-4-8-18)19-9-5-2-6-10-19/h1-16,28H. The van der Waals surface area contributed by atoms with Gasteiger partial charge >= 0.3 is 5.97 Å². The highest BCUT2D eigenvalue weighted by Gasteiger charge is 2.15. The summed E-state index contributed by atoms with van der Waals surface area (Å²) < 4.78 is 6.48. The van der Waals surface area contributed by atoms with Crippen molar-refractivity contribution in [1.82, 2.24) is 0 Å². The van der Waals surface area contributed by atoms with Crippen molar-refractivity contribution in [3.63, 3.8) is 0 Å². The van der Waals surface area contributed by atoms with E-state index in [1.54, 1.807) is 0 Å². The first kappa shape index (κ1) is 19.2. The van der Waals surface area contributed by atoms with Gasteiger partial charge in [0.05, 0.1) is 0 Å². The molecule has 0 fully saturated rings. The zero-order chi connectivity index (χ0) is 19.3. The number of hydrogen-bond acceptors (Lipinski definition) is 3. The quantitative estimate of drug-likeness (QED) is 0.133. The second-order valence-corrected chi connectivity index (χ2v) is 10.3. The molecule has 0 amide bonds. The molecule has 0 N–H and O–H groups in total. The molecule has 4 aromatic rings. The Labute approximate surface area is 184 Å². The van der Waals surface area contributed by atoms with Crippen LogP contribution in [0.1, 0.15) is 9.67 Å². The summed E-state index contributed by atoms with van der Waals surface area (Å²) in [5.74, 6) is 0.259. The lowest BCUT2D eigenvalue weighted by molar-refractivity contribution is 0.0739. The lowest BCUT2D eigenvalue weighted by atomic mass is 10.3. The fourth-order valence-electron chi connectivity index (χ4n) is 2.86. The number of carbonyl (C=O) groups is 1. The van der Waals surface area contributed by atoms with Gasteiger partial charge in [-0.3, -0.25) is 0 Å². The zero-order valence-electron chi connectivity index (χ0n) is 14.8. The van der Waals surface area contributed by atoms with Crippen LogP contribution in [0.2, 0.25) is 0 Å². The van der Waals surface area contributed by atoms with Crippen molar-refractivity contribution in [2.45, 2.75) is 14.7 Å². The van der Waals surface area contributed by atoms with Gasteiger partial charge in [0.2, 0.25) is 0 Å². The summed E-state index contributed by atoms with van der Waals surface area (Å²) >= 11 is 3.55. The van der Waals surface area contributed by atoms with Gasteiger partial charge in [0, 0.05) is 3.57 Å². The zero-order valence-corrected chi connectivity index (χ0v) is 18.7. The Hall–Kier alpha value is -2.09. The van der Waals surface area contributed by atoms with Gasteiger partial charge in [-0.15, -0.1) is 11.3 Å². The Morgan fingerprint density at radius 3 is 1.79 bits per heavy atom. The SMILES string of the molecule is O=C(Oc1ccc([SH](c2ccccc2)c2ccccc2)cc1)c1sccc1I. The van der Waals surface area contributed by atoms with E-state index in [4.69, 9.17) is 4.74 Å². The van der Waals surface area contributed by atoms with Crippen LogP contribution in [0.25, 0.3) is 0 Å². The predicted molar refractivity (Wildman–Crippen MR) is 125 cm³/mol. The Bertz CT molecular complexity index is 1020. The molecule has 0 aliphatic carbocycles. The number of carbonyl (C=O) groups excluding carboxylic acids is 1. The summed E-state index contributed by atoms with van der Waals surface area (Å²) in [5, 5.41) is 1.90. The number of rotatable bonds is 5. The van der Waals surface area contributed by atoms with E-state index in [1.165, 1.54) is 26.0 Å². The number of ether oxygens (including phenoxy) is 1. The van der Waals surface area contributed by atoms with Crippen LogP contribution in [0.3, 0.4) is 0 Å². The molecule has 0 radical (unpaired) electrons. The van der Waals surface area contributed by atoms with Crippen molar-refractivity contribution in [3.8, 4) is 5.75 Å². The molecule has 5 heteroatoms. The number of hydrogen-bond donors (Lipinski definition) is 1. The Kier molecular flexibility index (Phi) is 6.14. The largest absolute Gasteiger partial charge is 0.422 e. The molecule has 0 saturated carbocycles. The maximum Gasteiger partial charge on any atom is 0.354 e. The Morgan fingerprint density at radius 2 is 1.29 bits per heavy atom. The molecule has 0 unspecified atom stereocenters. The van der Waals surface area contributed by atoms with Gasteiger partial charge < -0.3 is 4.74 Å². The summed E-state index contributed by atoms with van der Waals surface area (Å²) in [7, 11) is -0.660. The minimum atomic E-state index is -0.660. The first-order chi connectivity index (χ1) is 13.7. The van der Waals surface area contributed by atoms with E-state index in [2.05, 4.69) is 83.3 Å². The molecular weight excluding hydrogens is 499 g/mol. The van der Waals surface area contributed by atoms with Crippen LogP contribution in [-0.2, 0) is 0 Å². The molecule has 28 heavy (non-hydrogen) atoms. The number of thiophene rings is 1. The maximum absolute atomic E-state index is 12.3. The Balaban J connectivity index is 1.62. The highest BCUT2D eigenvalue weighted by atomic mass is 127. The normalized spacial score (nSPS) is 11.1. The van der Waals surface area contributed by atoms with Gasteiger partial charge in [0.25, 0.3) is 0 Å². The molecule has 0 atom stereocenters. The van der Waals surface area contributed by atoms with Crippen LogP contribution >= 0.6 is 44.8 Å². The van der Waals surface area contributed by atoms with Gasteiger partial charge in [0.1, 0.15) is 10.6 Å². The van der Waals surface area contributed by atoms with E-state index in [0.29, 0.717) is 10.6 Å². The lowest BCUT2D eigenvalue weighted by Crippen LogP contribution is -2.07. The molecule has 3 aromatic carbocycles. The lowest BCUT2D eigenvalue weighted by Gasteiger charge is -2.23. The van der Waals surface area contributed by atoms with Crippen LogP contribution in [0, 0.1) is 3.57 Å². The molecule has 0 bridgehead atoms. The second kappa shape index (κ2) is 8.94. The van der Waals surface area contributed by atoms with Crippen molar-refractivity contribution >= 4 is 50.8 Å². The molecule has 4 rings (SSSR count). The third kappa shape index (κ3) is 4.32. The second-order valence-electron chi connectivity index (χ2n) is 5.99. The topological polar surface area (TPSA) is 26.3 Å². The maximum atomic E-state index is 12.3. The summed E-state index contributed by atoms with van der Waals surface area (Å²) in [4.78, 5) is 16.8. The van der Waals surface area contributed by atoms with Gasteiger partial charge in [-0.2, -0.15) is 10.9 Å². The molecule has 1 aromatic heterocycles.